The van der Waals surface area contributed by atoms with Crippen molar-refractivity contribution in [3.8, 4) is 0 Å². The fourth-order valence-corrected chi connectivity index (χ4v) is 1.53. The third-order valence-electron chi connectivity index (χ3n) is 2.50. The predicted octanol–water partition coefficient (Wildman–Crippen LogP) is 1.63. The molecule has 1 amide bonds. The van der Waals surface area contributed by atoms with Crippen molar-refractivity contribution in [1.29, 1.82) is 0 Å². The van der Waals surface area contributed by atoms with E-state index in [1.165, 1.54) is 13.2 Å². The molecule has 0 radical (unpaired) electrons. The Balaban J connectivity index is 2.50. The Morgan fingerprint density at radius 3 is 2.68 bits per heavy atom. The lowest BCUT2D eigenvalue weighted by atomic mass is 10.1. The molecule has 0 spiro atoms. The summed E-state index contributed by atoms with van der Waals surface area (Å²) in [4.78, 5) is 23.2. The van der Waals surface area contributed by atoms with Gasteiger partial charge in [-0.15, -0.1) is 0 Å². The van der Waals surface area contributed by atoms with Gasteiger partial charge in [0, 0.05) is 25.3 Å². The molecule has 0 aliphatic heterocycles. The molecule has 19 heavy (non-hydrogen) atoms. The van der Waals surface area contributed by atoms with E-state index in [9.17, 15) is 9.59 Å². The van der Waals surface area contributed by atoms with E-state index in [0.717, 1.165) is 6.42 Å². The zero-order chi connectivity index (χ0) is 14.1. The van der Waals surface area contributed by atoms with Crippen molar-refractivity contribution in [2.45, 2.75) is 13.3 Å². The van der Waals surface area contributed by atoms with Gasteiger partial charge >= 0.3 is 5.97 Å². The average Bonchev–Trinajstić information content (AvgIpc) is 2.46. The van der Waals surface area contributed by atoms with Crippen molar-refractivity contribution in [3.63, 3.8) is 0 Å². The average molecular weight is 265 g/mol. The minimum Gasteiger partial charge on any atom is -0.465 e. The second-order valence-corrected chi connectivity index (χ2v) is 3.88. The van der Waals surface area contributed by atoms with Crippen LogP contribution in [0.15, 0.2) is 24.3 Å². The van der Waals surface area contributed by atoms with Gasteiger partial charge in [0.15, 0.2) is 0 Å². The van der Waals surface area contributed by atoms with Gasteiger partial charge in [-0.2, -0.15) is 0 Å². The number of benzene rings is 1. The van der Waals surface area contributed by atoms with Gasteiger partial charge in [0.05, 0.1) is 12.7 Å². The molecule has 5 heteroatoms. The van der Waals surface area contributed by atoms with Crippen molar-refractivity contribution in [2.75, 3.05) is 26.9 Å². The van der Waals surface area contributed by atoms with Crippen LogP contribution < -0.4 is 5.32 Å². The van der Waals surface area contributed by atoms with Crippen LogP contribution in [0.2, 0.25) is 0 Å². The molecular weight excluding hydrogens is 246 g/mol. The lowest BCUT2D eigenvalue weighted by Crippen LogP contribution is -2.25. The Morgan fingerprint density at radius 1 is 1.26 bits per heavy atom. The summed E-state index contributed by atoms with van der Waals surface area (Å²) in [6, 6.07) is 6.44. The number of amides is 1. The summed E-state index contributed by atoms with van der Waals surface area (Å²) in [6.45, 7) is 3.77. The zero-order valence-corrected chi connectivity index (χ0v) is 11.3. The van der Waals surface area contributed by atoms with Crippen molar-refractivity contribution < 1.29 is 19.1 Å². The molecule has 0 aliphatic carbocycles. The zero-order valence-electron chi connectivity index (χ0n) is 11.3. The van der Waals surface area contributed by atoms with Crippen molar-refractivity contribution in [2.24, 2.45) is 0 Å². The Morgan fingerprint density at radius 2 is 2.00 bits per heavy atom. The Kier molecular flexibility index (Phi) is 6.60. The largest absolute Gasteiger partial charge is 0.465 e. The van der Waals surface area contributed by atoms with Gasteiger partial charge in [-0.3, -0.25) is 4.79 Å². The van der Waals surface area contributed by atoms with E-state index in [1.54, 1.807) is 18.2 Å². The summed E-state index contributed by atoms with van der Waals surface area (Å²) >= 11 is 0. The van der Waals surface area contributed by atoms with Crippen molar-refractivity contribution >= 4 is 11.9 Å². The van der Waals surface area contributed by atoms with E-state index < -0.39 is 5.97 Å². The van der Waals surface area contributed by atoms with E-state index >= 15 is 0 Å². The van der Waals surface area contributed by atoms with Crippen molar-refractivity contribution in [1.82, 2.24) is 5.32 Å². The van der Waals surface area contributed by atoms with Crippen LogP contribution in [0.5, 0.6) is 0 Å². The third kappa shape index (κ3) is 5.09. The van der Waals surface area contributed by atoms with Gasteiger partial charge in [0.25, 0.3) is 5.91 Å². The number of carbonyl (C=O) groups is 2. The van der Waals surface area contributed by atoms with Crippen LogP contribution in [0.4, 0.5) is 0 Å². The van der Waals surface area contributed by atoms with Gasteiger partial charge in [-0.1, -0.05) is 6.07 Å². The highest BCUT2D eigenvalue weighted by atomic mass is 16.5. The normalized spacial score (nSPS) is 10.0. The number of esters is 1. The van der Waals surface area contributed by atoms with Gasteiger partial charge in [-0.05, 0) is 31.5 Å². The topological polar surface area (TPSA) is 64.6 Å². The number of carbonyl (C=O) groups excluding carboxylic acids is 2. The molecule has 104 valence electrons. The highest BCUT2D eigenvalue weighted by Gasteiger charge is 2.09. The third-order valence-corrected chi connectivity index (χ3v) is 2.50. The monoisotopic (exact) mass is 265 g/mol. The number of nitrogens with one attached hydrogen (secondary N) is 1. The van der Waals surface area contributed by atoms with Crippen LogP contribution in [0.25, 0.3) is 0 Å². The molecule has 1 aromatic carbocycles. The first-order valence-electron chi connectivity index (χ1n) is 6.23. The smallest absolute Gasteiger partial charge is 0.337 e. The SMILES string of the molecule is CCOCCCNC(=O)c1cccc(C(=O)OC)c1. The van der Waals surface area contributed by atoms with E-state index in [4.69, 9.17) is 4.74 Å². The van der Waals surface area contributed by atoms with E-state index in [1.807, 2.05) is 6.92 Å². The fraction of sp³-hybridized carbons (Fsp3) is 0.429. The maximum absolute atomic E-state index is 11.8. The van der Waals surface area contributed by atoms with E-state index in [-0.39, 0.29) is 5.91 Å². The van der Waals surface area contributed by atoms with E-state index in [2.05, 4.69) is 10.1 Å². The summed E-state index contributed by atoms with van der Waals surface area (Å²) in [6.07, 6.45) is 0.760. The molecule has 0 aromatic heterocycles. The maximum Gasteiger partial charge on any atom is 0.337 e. The predicted molar refractivity (Wildman–Crippen MR) is 71.2 cm³/mol. The van der Waals surface area contributed by atoms with Crippen LogP contribution >= 0.6 is 0 Å². The fourth-order valence-electron chi connectivity index (χ4n) is 1.53. The molecule has 0 atom stereocenters. The molecule has 1 N–H and O–H groups in total. The van der Waals surface area contributed by atoms with Crippen LogP contribution in [0.1, 0.15) is 34.1 Å². The van der Waals surface area contributed by atoms with Crippen molar-refractivity contribution in [3.05, 3.63) is 35.4 Å². The van der Waals surface area contributed by atoms with Gasteiger partial charge in [0.2, 0.25) is 0 Å². The molecule has 0 aliphatic rings. The minimum absolute atomic E-state index is 0.206. The van der Waals surface area contributed by atoms with Gasteiger partial charge in [0.1, 0.15) is 0 Å². The summed E-state index contributed by atoms with van der Waals surface area (Å²) in [5.41, 5.74) is 0.809. The molecule has 0 unspecified atom stereocenters. The summed E-state index contributed by atoms with van der Waals surface area (Å²) in [7, 11) is 1.31. The number of hydrogen-bond acceptors (Lipinski definition) is 4. The molecule has 0 saturated carbocycles. The van der Waals surface area contributed by atoms with Crippen LogP contribution in [-0.4, -0.2) is 38.7 Å². The quantitative estimate of drug-likeness (QED) is 0.601. The molecular formula is C14H19NO4. The second kappa shape index (κ2) is 8.26. The van der Waals surface area contributed by atoms with Crippen LogP contribution in [-0.2, 0) is 9.47 Å². The lowest BCUT2D eigenvalue weighted by molar-refractivity contribution is 0.0600. The summed E-state index contributed by atoms with van der Waals surface area (Å²) in [5.74, 6) is -0.659. The van der Waals surface area contributed by atoms with E-state index in [0.29, 0.717) is 30.9 Å². The molecule has 5 nitrogen and oxygen atoms in total. The molecule has 0 bridgehead atoms. The molecule has 0 fully saturated rings. The van der Waals surface area contributed by atoms with Crippen LogP contribution in [0.3, 0.4) is 0 Å². The number of rotatable bonds is 7. The molecule has 0 heterocycles. The minimum atomic E-state index is -0.453. The maximum atomic E-state index is 11.8. The summed E-state index contributed by atoms with van der Waals surface area (Å²) in [5, 5.41) is 2.77. The number of hydrogen-bond donors (Lipinski definition) is 1. The van der Waals surface area contributed by atoms with Gasteiger partial charge < -0.3 is 14.8 Å². The number of methoxy groups -OCH3 is 1. The first-order valence-corrected chi connectivity index (χ1v) is 6.23. The highest BCUT2D eigenvalue weighted by Crippen LogP contribution is 2.06. The Labute approximate surface area is 112 Å². The summed E-state index contributed by atoms with van der Waals surface area (Å²) < 4.78 is 9.78. The first kappa shape index (κ1) is 15.2. The molecule has 1 aromatic rings. The second-order valence-electron chi connectivity index (χ2n) is 3.88. The standard InChI is InChI=1S/C14H19NO4/c1-3-19-9-5-8-15-13(16)11-6-4-7-12(10-11)14(17)18-2/h4,6-7,10H,3,5,8-9H2,1-2H3,(H,15,16). The first-order chi connectivity index (χ1) is 9.19. The van der Waals surface area contributed by atoms with Gasteiger partial charge in [-0.25, -0.2) is 4.79 Å². The number of ether oxygens (including phenoxy) is 2. The van der Waals surface area contributed by atoms with Crippen LogP contribution in [0, 0.1) is 0 Å². The lowest BCUT2D eigenvalue weighted by Gasteiger charge is -2.06. The molecule has 0 saturated heterocycles. The Bertz CT molecular complexity index is 431. The Hall–Kier alpha value is -1.88. The highest BCUT2D eigenvalue weighted by molar-refractivity contribution is 5.97. The molecule has 1 rings (SSSR count).